The van der Waals surface area contributed by atoms with Crippen molar-refractivity contribution in [2.45, 2.75) is 26.3 Å². The minimum Gasteiger partial charge on any atom is -0.324 e. The molecule has 3 amide bonds. The molecule has 4 aliphatic carbocycles. The first-order valence-electron chi connectivity index (χ1n) is 9.50. The van der Waals surface area contributed by atoms with E-state index in [-0.39, 0.29) is 41.4 Å². The predicted molar refractivity (Wildman–Crippen MR) is 101 cm³/mol. The molecule has 1 heterocycles. The van der Waals surface area contributed by atoms with E-state index >= 15 is 0 Å². The lowest BCUT2D eigenvalue weighted by Crippen LogP contribution is -2.46. The van der Waals surface area contributed by atoms with Crippen LogP contribution in [0.1, 0.15) is 18.9 Å². The Balaban J connectivity index is 1.37. The Kier molecular flexibility index (Phi) is 3.57. The van der Waals surface area contributed by atoms with Gasteiger partial charge in [-0.2, -0.15) is 0 Å². The largest absolute Gasteiger partial charge is 0.324 e. The standard InChI is InChI=1S/C21H21ClN2O3/c1-9-3-4-11(7-16(9)22)23-19(25)10(2)24-20(26)17-12-5-6-13(15-8-14(12)15)18(17)21(24)27/h3-7,10,12-15,17-18H,8H2,1-2H3,(H,23,25). The second-order valence-corrected chi connectivity index (χ2v) is 8.74. The van der Waals surface area contributed by atoms with Crippen LogP contribution in [0.15, 0.2) is 30.4 Å². The molecule has 2 bridgehead atoms. The number of rotatable bonds is 3. The highest BCUT2D eigenvalue weighted by Gasteiger charge is 2.67. The highest BCUT2D eigenvalue weighted by atomic mass is 35.5. The maximum atomic E-state index is 13.1. The minimum atomic E-state index is -0.841. The number of imide groups is 1. The molecule has 0 spiro atoms. The van der Waals surface area contributed by atoms with Crippen LogP contribution in [-0.2, 0) is 14.4 Å². The summed E-state index contributed by atoms with van der Waals surface area (Å²) in [5, 5.41) is 3.34. The number of hydrogen-bond acceptors (Lipinski definition) is 3. The van der Waals surface area contributed by atoms with Crippen LogP contribution in [0.3, 0.4) is 0 Å². The van der Waals surface area contributed by atoms with Crippen LogP contribution < -0.4 is 5.32 Å². The normalized spacial score (nSPS) is 36.5. The molecule has 2 saturated carbocycles. The van der Waals surface area contributed by atoms with Crippen LogP contribution in [0.5, 0.6) is 0 Å². The molecule has 5 nitrogen and oxygen atoms in total. The molecule has 0 aromatic heterocycles. The first-order valence-corrected chi connectivity index (χ1v) is 9.88. The number of carbonyl (C=O) groups is 3. The third-order valence-electron chi connectivity index (χ3n) is 6.90. The quantitative estimate of drug-likeness (QED) is 0.643. The van der Waals surface area contributed by atoms with Crippen molar-refractivity contribution >= 4 is 35.0 Å². The van der Waals surface area contributed by atoms with E-state index in [4.69, 9.17) is 11.6 Å². The van der Waals surface area contributed by atoms with Crippen molar-refractivity contribution in [1.29, 1.82) is 0 Å². The number of benzene rings is 1. The lowest BCUT2D eigenvalue weighted by atomic mass is 9.63. The molecular weight excluding hydrogens is 364 g/mol. The van der Waals surface area contributed by atoms with Crippen molar-refractivity contribution in [2.24, 2.45) is 35.5 Å². The Morgan fingerprint density at radius 1 is 1.15 bits per heavy atom. The van der Waals surface area contributed by atoms with Gasteiger partial charge in [-0.1, -0.05) is 29.8 Å². The third-order valence-corrected chi connectivity index (χ3v) is 7.31. The number of amides is 3. The van der Waals surface area contributed by atoms with Crippen molar-refractivity contribution in [2.75, 3.05) is 5.32 Å². The second-order valence-electron chi connectivity index (χ2n) is 8.33. The number of aryl methyl sites for hydroxylation is 1. The second kappa shape index (κ2) is 5.68. The summed E-state index contributed by atoms with van der Waals surface area (Å²) in [6, 6.07) is 4.41. The lowest BCUT2D eigenvalue weighted by Gasteiger charge is -2.37. The zero-order valence-electron chi connectivity index (χ0n) is 15.2. The van der Waals surface area contributed by atoms with Gasteiger partial charge >= 0.3 is 0 Å². The number of allylic oxidation sites excluding steroid dienone is 2. The van der Waals surface area contributed by atoms with E-state index in [1.807, 2.05) is 13.0 Å². The smallest absolute Gasteiger partial charge is 0.247 e. The van der Waals surface area contributed by atoms with Crippen LogP contribution in [0.2, 0.25) is 5.02 Å². The average Bonchev–Trinajstić information content (AvgIpc) is 3.42. The summed E-state index contributed by atoms with van der Waals surface area (Å²) < 4.78 is 0. The van der Waals surface area contributed by atoms with Crippen LogP contribution in [-0.4, -0.2) is 28.7 Å². The molecule has 27 heavy (non-hydrogen) atoms. The maximum Gasteiger partial charge on any atom is 0.247 e. The summed E-state index contributed by atoms with van der Waals surface area (Å²) in [4.78, 5) is 40.1. The number of hydrogen-bond donors (Lipinski definition) is 1. The monoisotopic (exact) mass is 384 g/mol. The van der Waals surface area contributed by atoms with Crippen LogP contribution >= 0.6 is 11.6 Å². The molecule has 1 aromatic rings. The van der Waals surface area contributed by atoms with Gasteiger partial charge in [0, 0.05) is 10.7 Å². The van der Waals surface area contributed by atoms with Gasteiger partial charge in [0.25, 0.3) is 0 Å². The van der Waals surface area contributed by atoms with Crippen molar-refractivity contribution < 1.29 is 14.4 Å². The van der Waals surface area contributed by atoms with E-state index in [2.05, 4.69) is 17.5 Å². The fraction of sp³-hybridized carbons (Fsp3) is 0.476. The molecule has 3 fully saturated rings. The number of carbonyl (C=O) groups excluding carboxylic acids is 3. The minimum absolute atomic E-state index is 0.164. The van der Waals surface area contributed by atoms with E-state index < -0.39 is 6.04 Å². The molecule has 0 radical (unpaired) electrons. The average molecular weight is 385 g/mol. The number of nitrogens with zero attached hydrogens (tertiary/aromatic N) is 1. The fourth-order valence-electron chi connectivity index (χ4n) is 5.40. The molecule has 1 N–H and O–H groups in total. The van der Waals surface area contributed by atoms with Gasteiger partial charge in [0.05, 0.1) is 11.8 Å². The molecule has 140 valence electrons. The summed E-state index contributed by atoms with van der Waals surface area (Å²) in [6.45, 7) is 3.50. The van der Waals surface area contributed by atoms with Crippen molar-refractivity contribution in [1.82, 2.24) is 4.90 Å². The van der Waals surface area contributed by atoms with Gasteiger partial charge in [-0.3, -0.25) is 19.3 Å². The van der Waals surface area contributed by atoms with Gasteiger partial charge in [-0.25, -0.2) is 0 Å². The van der Waals surface area contributed by atoms with Crippen molar-refractivity contribution in [3.05, 3.63) is 40.9 Å². The van der Waals surface area contributed by atoms with E-state index in [0.29, 0.717) is 22.5 Å². The Labute approximate surface area is 162 Å². The molecule has 7 atom stereocenters. The van der Waals surface area contributed by atoms with Gasteiger partial charge < -0.3 is 5.32 Å². The van der Waals surface area contributed by atoms with E-state index in [1.165, 1.54) is 4.90 Å². The van der Waals surface area contributed by atoms with Crippen LogP contribution in [0.4, 0.5) is 5.69 Å². The summed E-state index contributed by atoms with van der Waals surface area (Å²) in [7, 11) is 0. The summed E-state index contributed by atoms with van der Waals surface area (Å²) in [6.07, 6.45) is 5.39. The van der Waals surface area contributed by atoms with Crippen molar-refractivity contribution in [3.8, 4) is 0 Å². The molecule has 6 heteroatoms. The van der Waals surface area contributed by atoms with Gasteiger partial charge in [0.1, 0.15) is 6.04 Å². The number of halogens is 1. The van der Waals surface area contributed by atoms with Crippen molar-refractivity contribution in [3.63, 3.8) is 0 Å². The third kappa shape index (κ3) is 2.34. The zero-order chi connectivity index (χ0) is 19.0. The summed E-state index contributed by atoms with van der Waals surface area (Å²) in [5.41, 5.74) is 1.47. The molecule has 1 aliphatic heterocycles. The van der Waals surface area contributed by atoms with Gasteiger partial charge in [0.2, 0.25) is 17.7 Å². The van der Waals surface area contributed by atoms with Gasteiger partial charge in [0.15, 0.2) is 0 Å². The van der Waals surface area contributed by atoms with Crippen LogP contribution in [0.25, 0.3) is 0 Å². The van der Waals surface area contributed by atoms with E-state index in [9.17, 15) is 14.4 Å². The molecule has 1 saturated heterocycles. The van der Waals surface area contributed by atoms with Crippen LogP contribution in [0, 0.1) is 42.4 Å². The van der Waals surface area contributed by atoms with Gasteiger partial charge in [-0.05, 0) is 61.6 Å². The summed E-state index contributed by atoms with van der Waals surface area (Å²) in [5.74, 6) is 0.142. The van der Waals surface area contributed by atoms with E-state index in [1.54, 1.807) is 19.1 Å². The topological polar surface area (TPSA) is 66.5 Å². The Morgan fingerprint density at radius 3 is 2.30 bits per heavy atom. The maximum absolute atomic E-state index is 13.1. The fourth-order valence-corrected chi connectivity index (χ4v) is 5.58. The number of anilines is 1. The zero-order valence-corrected chi connectivity index (χ0v) is 15.9. The molecule has 5 aliphatic rings. The van der Waals surface area contributed by atoms with Gasteiger partial charge in [-0.15, -0.1) is 0 Å². The Morgan fingerprint density at radius 2 is 1.74 bits per heavy atom. The SMILES string of the molecule is Cc1ccc(NC(=O)C(C)N2C(=O)C3C4C=CC(C5CC45)C3C2=O)cc1Cl. The predicted octanol–water partition coefficient (Wildman–Crippen LogP) is 3.03. The molecule has 1 aromatic carbocycles. The Hall–Kier alpha value is -2.14. The Bertz CT molecular complexity index is 875. The lowest BCUT2D eigenvalue weighted by molar-refractivity contribution is -0.146. The number of nitrogens with one attached hydrogen (secondary N) is 1. The molecular formula is C21H21ClN2O3. The van der Waals surface area contributed by atoms with E-state index in [0.717, 1.165) is 12.0 Å². The number of likely N-dealkylation sites (tertiary alicyclic amines) is 1. The molecule has 7 unspecified atom stereocenters. The molecule has 6 rings (SSSR count). The first-order chi connectivity index (χ1) is 12.9. The first kappa shape index (κ1) is 17.0. The summed E-state index contributed by atoms with van der Waals surface area (Å²) >= 11 is 6.11. The highest BCUT2D eigenvalue weighted by molar-refractivity contribution is 6.31. The highest BCUT2D eigenvalue weighted by Crippen LogP contribution is 2.65.